The highest BCUT2D eigenvalue weighted by molar-refractivity contribution is 5.81. The molecule has 7 nitrogen and oxygen atoms in total. The maximum absolute atomic E-state index is 12.5. The SMILES string of the molecule is CC(Oc1ccccc1C#N)C(=O)N1CCC(OC(=O)N(C)C)CC1. The molecule has 1 saturated heterocycles. The Hall–Kier alpha value is -2.75. The zero-order valence-corrected chi connectivity index (χ0v) is 14.8. The van der Waals surface area contributed by atoms with Gasteiger partial charge in [-0.1, -0.05) is 12.1 Å². The highest BCUT2D eigenvalue weighted by atomic mass is 16.6. The van der Waals surface area contributed by atoms with Crippen LogP contribution in [0.2, 0.25) is 0 Å². The molecule has 0 saturated carbocycles. The number of hydrogen-bond donors (Lipinski definition) is 0. The Labute approximate surface area is 147 Å². The van der Waals surface area contributed by atoms with Gasteiger partial charge in [0.2, 0.25) is 0 Å². The van der Waals surface area contributed by atoms with Gasteiger partial charge in [-0.15, -0.1) is 0 Å². The molecule has 1 aromatic rings. The van der Waals surface area contributed by atoms with Crippen LogP contribution in [0.15, 0.2) is 24.3 Å². The first-order valence-corrected chi connectivity index (χ1v) is 8.25. The van der Waals surface area contributed by atoms with E-state index in [4.69, 9.17) is 14.7 Å². The predicted molar refractivity (Wildman–Crippen MR) is 91.0 cm³/mol. The van der Waals surface area contributed by atoms with Crippen LogP contribution < -0.4 is 4.74 Å². The average Bonchev–Trinajstić information content (AvgIpc) is 2.62. The number of benzene rings is 1. The van der Waals surface area contributed by atoms with E-state index in [1.807, 2.05) is 0 Å². The molecule has 2 rings (SSSR count). The third-order valence-corrected chi connectivity index (χ3v) is 4.05. The van der Waals surface area contributed by atoms with Gasteiger partial charge in [-0.05, 0) is 19.1 Å². The van der Waals surface area contributed by atoms with Crippen LogP contribution in [-0.2, 0) is 9.53 Å². The molecule has 1 unspecified atom stereocenters. The molecule has 1 aromatic carbocycles. The van der Waals surface area contributed by atoms with E-state index >= 15 is 0 Å². The summed E-state index contributed by atoms with van der Waals surface area (Å²) in [6, 6.07) is 8.89. The lowest BCUT2D eigenvalue weighted by Gasteiger charge is -2.33. The van der Waals surface area contributed by atoms with Gasteiger partial charge in [0.25, 0.3) is 5.91 Å². The van der Waals surface area contributed by atoms with Crippen LogP contribution in [-0.4, -0.2) is 61.2 Å². The van der Waals surface area contributed by atoms with E-state index in [0.717, 1.165) is 0 Å². The first-order chi connectivity index (χ1) is 11.9. The van der Waals surface area contributed by atoms with Crippen molar-refractivity contribution >= 4 is 12.0 Å². The van der Waals surface area contributed by atoms with Crippen molar-refractivity contribution in [3.05, 3.63) is 29.8 Å². The summed E-state index contributed by atoms with van der Waals surface area (Å²) in [4.78, 5) is 27.2. The summed E-state index contributed by atoms with van der Waals surface area (Å²) in [7, 11) is 3.28. The molecule has 0 aromatic heterocycles. The van der Waals surface area contributed by atoms with Crippen molar-refractivity contribution in [3.63, 3.8) is 0 Å². The molecule has 0 bridgehead atoms. The van der Waals surface area contributed by atoms with Gasteiger partial charge in [-0.3, -0.25) is 4.79 Å². The lowest BCUT2D eigenvalue weighted by atomic mass is 10.1. The van der Waals surface area contributed by atoms with E-state index in [-0.39, 0.29) is 18.1 Å². The molecule has 1 heterocycles. The van der Waals surface area contributed by atoms with Gasteiger partial charge in [-0.2, -0.15) is 5.26 Å². The topological polar surface area (TPSA) is 82.9 Å². The minimum atomic E-state index is -0.685. The number of amides is 2. The molecule has 1 fully saturated rings. The molecular formula is C18H23N3O4. The van der Waals surface area contributed by atoms with E-state index in [1.54, 1.807) is 50.2 Å². The Bertz CT molecular complexity index is 661. The molecule has 25 heavy (non-hydrogen) atoms. The van der Waals surface area contributed by atoms with Crippen molar-refractivity contribution < 1.29 is 19.1 Å². The summed E-state index contributed by atoms with van der Waals surface area (Å²) in [5.74, 6) is 0.269. The smallest absolute Gasteiger partial charge is 0.409 e. The molecule has 0 N–H and O–H groups in total. The van der Waals surface area contributed by atoms with Crippen molar-refractivity contribution in [2.24, 2.45) is 0 Å². The fraction of sp³-hybridized carbons (Fsp3) is 0.500. The van der Waals surface area contributed by atoms with Crippen molar-refractivity contribution in [1.29, 1.82) is 5.26 Å². The lowest BCUT2D eigenvalue weighted by molar-refractivity contribution is -0.140. The summed E-state index contributed by atoms with van der Waals surface area (Å²) in [5.41, 5.74) is 0.399. The second-order valence-electron chi connectivity index (χ2n) is 6.17. The van der Waals surface area contributed by atoms with Gasteiger partial charge in [-0.25, -0.2) is 4.79 Å². The molecule has 1 aliphatic heterocycles. The maximum Gasteiger partial charge on any atom is 0.409 e. The van der Waals surface area contributed by atoms with Crippen LogP contribution in [0.3, 0.4) is 0 Å². The molecule has 7 heteroatoms. The van der Waals surface area contributed by atoms with Crippen LogP contribution in [0.4, 0.5) is 4.79 Å². The van der Waals surface area contributed by atoms with Gasteiger partial charge in [0.15, 0.2) is 6.10 Å². The summed E-state index contributed by atoms with van der Waals surface area (Å²) in [6.45, 7) is 2.70. The highest BCUT2D eigenvalue weighted by Crippen LogP contribution is 2.20. The fourth-order valence-corrected chi connectivity index (χ4v) is 2.60. The number of carbonyl (C=O) groups excluding carboxylic acids is 2. The summed E-state index contributed by atoms with van der Waals surface area (Å²) < 4.78 is 11.0. The van der Waals surface area contributed by atoms with Gasteiger partial charge in [0, 0.05) is 40.0 Å². The number of hydrogen-bond acceptors (Lipinski definition) is 5. The Morgan fingerprint density at radius 2 is 1.92 bits per heavy atom. The zero-order valence-electron chi connectivity index (χ0n) is 14.8. The van der Waals surface area contributed by atoms with Crippen molar-refractivity contribution in [3.8, 4) is 11.8 Å². The number of carbonyl (C=O) groups is 2. The number of para-hydroxylation sites is 1. The Kier molecular flexibility index (Phi) is 6.23. The maximum atomic E-state index is 12.5. The van der Waals surface area contributed by atoms with Crippen molar-refractivity contribution in [2.45, 2.75) is 32.0 Å². The number of likely N-dealkylation sites (tertiary alicyclic amines) is 1. The molecule has 1 aliphatic rings. The summed E-state index contributed by atoms with van der Waals surface area (Å²) in [6.07, 6.45) is -0.0147. The van der Waals surface area contributed by atoms with E-state index < -0.39 is 6.10 Å². The molecule has 2 amide bonds. The molecule has 0 spiro atoms. The number of piperidine rings is 1. The van der Waals surface area contributed by atoms with Gasteiger partial charge < -0.3 is 19.3 Å². The predicted octanol–water partition coefficient (Wildman–Crippen LogP) is 2.01. The van der Waals surface area contributed by atoms with E-state index in [2.05, 4.69) is 6.07 Å². The molecule has 0 aliphatic carbocycles. The third-order valence-electron chi connectivity index (χ3n) is 4.05. The second kappa shape index (κ2) is 8.38. The molecule has 1 atom stereocenters. The van der Waals surface area contributed by atoms with E-state index in [0.29, 0.717) is 37.2 Å². The normalized spacial score (nSPS) is 15.8. The van der Waals surface area contributed by atoms with Gasteiger partial charge in [0.1, 0.15) is 17.9 Å². The minimum Gasteiger partial charge on any atom is -0.480 e. The average molecular weight is 345 g/mol. The Morgan fingerprint density at radius 3 is 2.52 bits per heavy atom. The van der Waals surface area contributed by atoms with E-state index in [9.17, 15) is 9.59 Å². The number of nitriles is 1. The highest BCUT2D eigenvalue weighted by Gasteiger charge is 2.29. The van der Waals surface area contributed by atoms with Crippen LogP contribution >= 0.6 is 0 Å². The number of ether oxygens (including phenoxy) is 2. The van der Waals surface area contributed by atoms with Gasteiger partial charge in [0.05, 0.1) is 5.56 Å². The van der Waals surface area contributed by atoms with Crippen LogP contribution in [0.1, 0.15) is 25.3 Å². The zero-order chi connectivity index (χ0) is 18.4. The Morgan fingerprint density at radius 1 is 1.28 bits per heavy atom. The van der Waals surface area contributed by atoms with E-state index in [1.165, 1.54) is 4.90 Å². The first kappa shape index (κ1) is 18.6. The second-order valence-corrected chi connectivity index (χ2v) is 6.17. The fourth-order valence-electron chi connectivity index (χ4n) is 2.60. The van der Waals surface area contributed by atoms with Crippen molar-refractivity contribution in [2.75, 3.05) is 27.2 Å². The molecule has 134 valence electrons. The molecular weight excluding hydrogens is 322 g/mol. The third kappa shape index (κ3) is 4.86. The summed E-state index contributed by atoms with van der Waals surface area (Å²) >= 11 is 0. The standard InChI is InChI=1S/C18H23N3O4/c1-13(24-16-7-5-4-6-14(16)12-19)17(22)21-10-8-15(9-11-21)25-18(23)20(2)3/h4-7,13,15H,8-11H2,1-3H3. The largest absolute Gasteiger partial charge is 0.480 e. The minimum absolute atomic E-state index is 0.134. The number of nitrogens with zero attached hydrogens (tertiary/aromatic N) is 3. The van der Waals surface area contributed by atoms with Gasteiger partial charge >= 0.3 is 6.09 Å². The van der Waals surface area contributed by atoms with Crippen LogP contribution in [0.5, 0.6) is 5.75 Å². The quantitative estimate of drug-likeness (QED) is 0.834. The van der Waals surface area contributed by atoms with Crippen molar-refractivity contribution in [1.82, 2.24) is 9.80 Å². The number of rotatable bonds is 4. The lowest BCUT2D eigenvalue weighted by Crippen LogP contribution is -2.46. The summed E-state index contributed by atoms with van der Waals surface area (Å²) in [5, 5.41) is 9.09. The Balaban J connectivity index is 1.87. The molecule has 0 radical (unpaired) electrons. The van der Waals surface area contributed by atoms with Crippen LogP contribution in [0.25, 0.3) is 0 Å². The van der Waals surface area contributed by atoms with Crippen LogP contribution in [0, 0.1) is 11.3 Å². The monoisotopic (exact) mass is 345 g/mol. The first-order valence-electron chi connectivity index (χ1n) is 8.25.